The Hall–Kier alpha value is -2.62. The third-order valence-electron chi connectivity index (χ3n) is 6.12. The molecule has 0 aliphatic heterocycles. The minimum atomic E-state index is -0.321. The van der Waals surface area contributed by atoms with Crippen molar-refractivity contribution in [2.24, 2.45) is 11.3 Å². The van der Waals surface area contributed by atoms with Crippen LogP contribution < -0.4 is 0 Å². The van der Waals surface area contributed by atoms with E-state index in [0.717, 1.165) is 36.1 Å². The summed E-state index contributed by atoms with van der Waals surface area (Å²) in [6, 6.07) is 16.7. The van der Waals surface area contributed by atoms with Crippen molar-refractivity contribution >= 4 is 17.0 Å². The summed E-state index contributed by atoms with van der Waals surface area (Å²) >= 11 is 0. The summed E-state index contributed by atoms with van der Waals surface area (Å²) in [6.07, 6.45) is 4.35. The van der Waals surface area contributed by atoms with Gasteiger partial charge in [0.05, 0.1) is 23.7 Å². The smallest absolute Gasteiger partial charge is 0.337 e. The first-order chi connectivity index (χ1) is 13.9. The van der Waals surface area contributed by atoms with Crippen molar-refractivity contribution in [1.29, 1.82) is 0 Å². The van der Waals surface area contributed by atoms with Gasteiger partial charge in [0.2, 0.25) is 0 Å². The van der Waals surface area contributed by atoms with Crippen molar-refractivity contribution in [1.82, 2.24) is 9.55 Å². The van der Waals surface area contributed by atoms with E-state index >= 15 is 0 Å². The number of nitrogens with zero attached hydrogens (tertiary/aromatic N) is 2. The van der Waals surface area contributed by atoms with E-state index in [-0.39, 0.29) is 5.97 Å². The number of imidazole rings is 1. The summed E-state index contributed by atoms with van der Waals surface area (Å²) in [7, 11) is 1.41. The number of carbonyl (C=O) groups is 1. The molecule has 0 saturated heterocycles. The molecule has 0 unspecified atom stereocenters. The van der Waals surface area contributed by atoms with Crippen molar-refractivity contribution in [2.75, 3.05) is 7.11 Å². The van der Waals surface area contributed by atoms with E-state index in [0.29, 0.717) is 22.9 Å². The maximum atomic E-state index is 12.0. The zero-order chi connectivity index (χ0) is 20.6. The molecule has 0 N–H and O–H groups in total. The zero-order valence-corrected chi connectivity index (χ0v) is 17.8. The number of methoxy groups -OCH3 is 1. The van der Waals surface area contributed by atoms with Crippen LogP contribution in [0.15, 0.2) is 48.5 Å². The SMILES string of the molecule is COC(=O)c1ccc2c(c1)nc(Cc1ccccc1)n2[C@@H]1C[C@H](C)CC(C)(C)C1. The summed E-state index contributed by atoms with van der Waals surface area (Å²) in [5, 5.41) is 0. The highest BCUT2D eigenvalue weighted by atomic mass is 16.5. The summed E-state index contributed by atoms with van der Waals surface area (Å²) in [4.78, 5) is 17.0. The Morgan fingerprint density at radius 3 is 2.62 bits per heavy atom. The van der Waals surface area contributed by atoms with Gasteiger partial charge in [-0.05, 0) is 54.4 Å². The highest BCUT2D eigenvalue weighted by Gasteiger charge is 2.34. The summed E-state index contributed by atoms with van der Waals surface area (Å²) in [5.41, 5.74) is 4.09. The topological polar surface area (TPSA) is 44.1 Å². The molecule has 152 valence electrons. The van der Waals surface area contributed by atoms with Gasteiger partial charge in [0, 0.05) is 12.5 Å². The van der Waals surface area contributed by atoms with Gasteiger partial charge in [-0.1, -0.05) is 51.1 Å². The number of benzene rings is 2. The number of carbonyl (C=O) groups excluding carboxylic acids is 1. The van der Waals surface area contributed by atoms with Crippen LogP contribution in [0, 0.1) is 11.3 Å². The molecule has 0 amide bonds. The van der Waals surface area contributed by atoms with Gasteiger partial charge in [0.15, 0.2) is 0 Å². The van der Waals surface area contributed by atoms with E-state index in [1.165, 1.54) is 19.1 Å². The van der Waals surface area contributed by atoms with Crippen LogP contribution >= 0.6 is 0 Å². The number of rotatable bonds is 4. The molecule has 1 aromatic heterocycles. The lowest BCUT2D eigenvalue weighted by Crippen LogP contribution is -2.30. The monoisotopic (exact) mass is 390 g/mol. The minimum absolute atomic E-state index is 0.314. The van der Waals surface area contributed by atoms with Crippen LogP contribution in [0.1, 0.15) is 67.8 Å². The first-order valence-electron chi connectivity index (χ1n) is 10.5. The quantitative estimate of drug-likeness (QED) is 0.529. The van der Waals surface area contributed by atoms with Crippen LogP contribution in [-0.4, -0.2) is 22.6 Å². The molecule has 0 spiro atoms. The van der Waals surface area contributed by atoms with Crippen molar-refractivity contribution < 1.29 is 9.53 Å². The lowest BCUT2D eigenvalue weighted by Gasteiger charge is -2.40. The van der Waals surface area contributed by atoms with Gasteiger partial charge in [-0.25, -0.2) is 9.78 Å². The Morgan fingerprint density at radius 2 is 1.93 bits per heavy atom. The average molecular weight is 391 g/mol. The largest absolute Gasteiger partial charge is 0.465 e. The fourth-order valence-corrected chi connectivity index (χ4v) is 5.20. The number of ether oxygens (including phenoxy) is 1. The van der Waals surface area contributed by atoms with E-state index in [1.54, 1.807) is 0 Å². The van der Waals surface area contributed by atoms with E-state index in [1.807, 2.05) is 24.3 Å². The number of fused-ring (bicyclic) bond motifs is 1. The van der Waals surface area contributed by atoms with Gasteiger partial charge in [-0.2, -0.15) is 0 Å². The molecule has 4 nitrogen and oxygen atoms in total. The number of hydrogen-bond acceptors (Lipinski definition) is 3. The molecule has 2 aromatic carbocycles. The summed E-state index contributed by atoms with van der Waals surface area (Å²) in [5.74, 6) is 1.43. The summed E-state index contributed by atoms with van der Waals surface area (Å²) < 4.78 is 7.35. The Morgan fingerprint density at radius 1 is 1.17 bits per heavy atom. The third-order valence-corrected chi connectivity index (χ3v) is 6.12. The van der Waals surface area contributed by atoms with E-state index in [4.69, 9.17) is 9.72 Å². The average Bonchev–Trinajstić information content (AvgIpc) is 3.03. The van der Waals surface area contributed by atoms with Crippen LogP contribution in [-0.2, 0) is 11.2 Å². The molecule has 0 bridgehead atoms. The Labute approximate surface area is 172 Å². The molecular formula is C25H30N2O2. The van der Waals surface area contributed by atoms with Crippen molar-refractivity contribution in [2.45, 2.75) is 52.5 Å². The maximum Gasteiger partial charge on any atom is 0.337 e. The lowest BCUT2D eigenvalue weighted by atomic mass is 9.70. The van der Waals surface area contributed by atoms with Crippen LogP contribution in [0.5, 0.6) is 0 Å². The highest BCUT2D eigenvalue weighted by Crippen LogP contribution is 2.45. The van der Waals surface area contributed by atoms with Gasteiger partial charge in [0.25, 0.3) is 0 Å². The second-order valence-electron chi connectivity index (χ2n) is 9.32. The van der Waals surface area contributed by atoms with Crippen LogP contribution in [0.3, 0.4) is 0 Å². The van der Waals surface area contributed by atoms with Crippen LogP contribution in [0.25, 0.3) is 11.0 Å². The predicted molar refractivity (Wildman–Crippen MR) is 116 cm³/mol. The van der Waals surface area contributed by atoms with Crippen molar-refractivity contribution in [3.05, 3.63) is 65.5 Å². The van der Waals surface area contributed by atoms with E-state index in [2.05, 4.69) is 49.6 Å². The zero-order valence-electron chi connectivity index (χ0n) is 17.8. The molecule has 1 saturated carbocycles. The van der Waals surface area contributed by atoms with Gasteiger partial charge in [-0.15, -0.1) is 0 Å². The minimum Gasteiger partial charge on any atom is -0.465 e. The number of hydrogen-bond donors (Lipinski definition) is 0. The third kappa shape index (κ3) is 4.07. The molecule has 0 radical (unpaired) electrons. The number of aromatic nitrogens is 2. The molecule has 1 fully saturated rings. The molecule has 29 heavy (non-hydrogen) atoms. The molecule has 3 aromatic rings. The fourth-order valence-electron chi connectivity index (χ4n) is 5.20. The Bertz CT molecular complexity index is 1020. The van der Waals surface area contributed by atoms with Gasteiger partial charge in [-0.3, -0.25) is 0 Å². The van der Waals surface area contributed by atoms with Gasteiger partial charge < -0.3 is 9.30 Å². The molecule has 4 heteroatoms. The molecule has 2 atom stereocenters. The predicted octanol–water partition coefficient (Wildman–Crippen LogP) is 5.80. The van der Waals surface area contributed by atoms with Gasteiger partial charge in [0.1, 0.15) is 5.82 Å². The lowest BCUT2D eigenvalue weighted by molar-refractivity contribution is 0.0601. The first-order valence-corrected chi connectivity index (χ1v) is 10.5. The van der Waals surface area contributed by atoms with Crippen LogP contribution in [0.4, 0.5) is 0 Å². The maximum absolute atomic E-state index is 12.0. The van der Waals surface area contributed by atoms with Crippen molar-refractivity contribution in [3.8, 4) is 0 Å². The Balaban J connectivity index is 1.82. The standard InChI is InChI=1S/C25H30N2O2/c1-17-12-20(16-25(2,3)15-17)27-22-11-10-19(24(28)29-4)14-21(22)26-23(27)13-18-8-6-5-7-9-18/h5-11,14,17,20H,12-13,15-16H2,1-4H3/t17-,20+/m0/s1. The first kappa shape index (κ1) is 19.7. The van der Waals surface area contributed by atoms with Gasteiger partial charge >= 0.3 is 5.97 Å². The highest BCUT2D eigenvalue weighted by molar-refractivity contribution is 5.93. The molecule has 1 heterocycles. The molecular weight excluding hydrogens is 360 g/mol. The molecule has 4 rings (SSSR count). The number of esters is 1. The van der Waals surface area contributed by atoms with Crippen LogP contribution in [0.2, 0.25) is 0 Å². The second-order valence-corrected chi connectivity index (χ2v) is 9.32. The fraction of sp³-hybridized carbons (Fsp3) is 0.440. The van der Waals surface area contributed by atoms with Crippen molar-refractivity contribution in [3.63, 3.8) is 0 Å². The Kier molecular flexibility index (Phi) is 5.20. The molecule has 1 aliphatic carbocycles. The summed E-state index contributed by atoms with van der Waals surface area (Å²) in [6.45, 7) is 7.11. The molecule has 1 aliphatic rings. The second kappa shape index (κ2) is 7.66. The van der Waals surface area contributed by atoms with E-state index < -0.39 is 0 Å². The van der Waals surface area contributed by atoms with E-state index in [9.17, 15) is 4.79 Å². The normalized spacial score (nSPS) is 21.2.